The number of benzene rings is 1. The minimum Gasteiger partial charge on any atom is -0.306 e. The third-order valence-electron chi connectivity index (χ3n) is 3.23. The van der Waals surface area contributed by atoms with Crippen LogP contribution in [0.3, 0.4) is 0 Å². The third-order valence-corrected chi connectivity index (χ3v) is 3.23. The van der Waals surface area contributed by atoms with Crippen LogP contribution < -0.4 is 4.90 Å². The Kier molecular flexibility index (Phi) is 3.45. The predicted octanol–water partition coefficient (Wildman–Crippen LogP) is 3.69. The standard InChI is InChI=1S/C14H19NO.BrH/c1-13(2,3)15-11-9-7-6-8-10(11)14(4,5)12(15)16;/h6-9H,1-5H3;1H. The molecule has 94 valence electrons. The van der Waals surface area contributed by atoms with E-state index in [0.29, 0.717) is 0 Å². The molecule has 0 unspecified atom stereocenters. The van der Waals surface area contributed by atoms with E-state index in [1.165, 1.54) is 0 Å². The maximum absolute atomic E-state index is 12.5. The minimum absolute atomic E-state index is 0. The molecule has 0 fully saturated rings. The lowest BCUT2D eigenvalue weighted by Gasteiger charge is -2.33. The molecule has 0 bridgehead atoms. The van der Waals surface area contributed by atoms with Gasteiger partial charge in [-0.05, 0) is 46.2 Å². The second-order valence-corrected chi connectivity index (χ2v) is 5.95. The Balaban J connectivity index is 0.00000144. The van der Waals surface area contributed by atoms with Crippen LogP contribution >= 0.6 is 17.0 Å². The highest BCUT2D eigenvalue weighted by Gasteiger charge is 2.47. The number of rotatable bonds is 0. The largest absolute Gasteiger partial charge is 0.306 e. The lowest BCUT2D eigenvalue weighted by Crippen LogP contribution is -2.47. The van der Waals surface area contributed by atoms with E-state index in [1.54, 1.807) is 0 Å². The van der Waals surface area contributed by atoms with Crippen LogP contribution in [0.15, 0.2) is 24.3 Å². The van der Waals surface area contributed by atoms with E-state index in [4.69, 9.17) is 0 Å². The Bertz CT molecular complexity index is 446. The average Bonchev–Trinajstić information content (AvgIpc) is 2.35. The number of carbonyl (C=O) groups is 1. The molecule has 1 amide bonds. The monoisotopic (exact) mass is 297 g/mol. The van der Waals surface area contributed by atoms with Gasteiger partial charge in [0, 0.05) is 11.2 Å². The van der Waals surface area contributed by atoms with Gasteiger partial charge in [0.25, 0.3) is 0 Å². The van der Waals surface area contributed by atoms with E-state index in [-0.39, 0.29) is 28.4 Å². The minimum atomic E-state index is -0.399. The molecule has 2 rings (SSSR count). The summed E-state index contributed by atoms with van der Waals surface area (Å²) in [6.07, 6.45) is 0. The van der Waals surface area contributed by atoms with Crippen LogP contribution in [0, 0.1) is 0 Å². The van der Waals surface area contributed by atoms with Crippen molar-refractivity contribution in [3.8, 4) is 0 Å². The predicted molar refractivity (Wildman–Crippen MR) is 77.0 cm³/mol. The molecule has 0 N–H and O–H groups in total. The molecule has 1 aromatic rings. The summed E-state index contributed by atoms with van der Waals surface area (Å²) in [6.45, 7) is 10.2. The summed E-state index contributed by atoms with van der Waals surface area (Å²) in [5, 5.41) is 0. The number of fused-ring (bicyclic) bond motifs is 1. The second-order valence-electron chi connectivity index (χ2n) is 5.95. The van der Waals surface area contributed by atoms with Gasteiger partial charge in [-0.3, -0.25) is 4.79 Å². The van der Waals surface area contributed by atoms with E-state index in [2.05, 4.69) is 26.8 Å². The van der Waals surface area contributed by atoms with E-state index in [1.807, 2.05) is 36.9 Å². The van der Waals surface area contributed by atoms with Crippen LogP contribution in [-0.2, 0) is 10.2 Å². The van der Waals surface area contributed by atoms with Crippen LogP contribution in [-0.4, -0.2) is 11.4 Å². The van der Waals surface area contributed by atoms with Gasteiger partial charge in [0.1, 0.15) is 0 Å². The normalized spacial score (nSPS) is 17.7. The quantitative estimate of drug-likeness (QED) is 0.715. The van der Waals surface area contributed by atoms with Crippen LogP contribution in [0.5, 0.6) is 0 Å². The first-order chi connectivity index (χ1) is 7.26. The van der Waals surface area contributed by atoms with Crippen molar-refractivity contribution in [3.05, 3.63) is 29.8 Å². The van der Waals surface area contributed by atoms with Gasteiger partial charge in [0.15, 0.2) is 0 Å². The molecule has 0 aliphatic carbocycles. The first-order valence-corrected chi connectivity index (χ1v) is 5.70. The van der Waals surface area contributed by atoms with Crippen molar-refractivity contribution in [2.45, 2.75) is 45.6 Å². The molecule has 0 spiro atoms. The molecule has 17 heavy (non-hydrogen) atoms. The maximum atomic E-state index is 12.5. The molecule has 1 aromatic carbocycles. The van der Waals surface area contributed by atoms with Crippen molar-refractivity contribution in [1.29, 1.82) is 0 Å². The van der Waals surface area contributed by atoms with Crippen LogP contribution in [0.4, 0.5) is 5.69 Å². The number of hydrogen-bond donors (Lipinski definition) is 0. The SMILES string of the molecule is Br.CC1(C)C(=O)N(C(C)(C)C)c2ccccc21. The van der Waals surface area contributed by atoms with E-state index >= 15 is 0 Å². The number of anilines is 1. The summed E-state index contributed by atoms with van der Waals surface area (Å²) in [5.74, 6) is 0.196. The van der Waals surface area contributed by atoms with Gasteiger partial charge in [-0.25, -0.2) is 0 Å². The molecule has 0 radical (unpaired) electrons. The van der Waals surface area contributed by atoms with Crippen LogP contribution in [0.25, 0.3) is 0 Å². The van der Waals surface area contributed by atoms with Crippen molar-refractivity contribution >= 4 is 28.6 Å². The molecule has 1 aliphatic rings. The highest BCUT2D eigenvalue weighted by atomic mass is 79.9. The van der Waals surface area contributed by atoms with E-state index in [0.717, 1.165) is 11.3 Å². The fourth-order valence-electron chi connectivity index (χ4n) is 2.37. The fourth-order valence-corrected chi connectivity index (χ4v) is 2.37. The molecule has 0 saturated heterocycles. The highest BCUT2D eigenvalue weighted by Crippen LogP contribution is 2.44. The zero-order valence-electron chi connectivity index (χ0n) is 11.1. The second kappa shape index (κ2) is 4.13. The first-order valence-electron chi connectivity index (χ1n) is 5.70. The fraction of sp³-hybridized carbons (Fsp3) is 0.500. The number of carbonyl (C=O) groups excluding carboxylic acids is 1. The number of amides is 1. The lowest BCUT2D eigenvalue weighted by molar-refractivity contribution is -0.123. The van der Waals surface area contributed by atoms with Crippen molar-refractivity contribution in [3.63, 3.8) is 0 Å². The summed E-state index contributed by atoms with van der Waals surface area (Å²) >= 11 is 0. The number of hydrogen-bond acceptors (Lipinski definition) is 1. The third kappa shape index (κ3) is 2.01. The van der Waals surface area contributed by atoms with Gasteiger partial charge in [-0.1, -0.05) is 18.2 Å². The number of para-hydroxylation sites is 1. The Hall–Kier alpha value is -0.830. The summed E-state index contributed by atoms with van der Waals surface area (Å²) < 4.78 is 0. The lowest BCUT2D eigenvalue weighted by atomic mass is 9.86. The van der Waals surface area contributed by atoms with E-state index < -0.39 is 5.41 Å². The van der Waals surface area contributed by atoms with E-state index in [9.17, 15) is 4.79 Å². The Morgan fingerprint density at radius 1 is 1.12 bits per heavy atom. The molecule has 1 heterocycles. The first kappa shape index (κ1) is 14.2. The topological polar surface area (TPSA) is 20.3 Å². The molecule has 2 nitrogen and oxygen atoms in total. The molecular weight excluding hydrogens is 278 g/mol. The molecule has 1 aliphatic heterocycles. The van der Waals surface area contributed by atoms with Crippen molar-refractivity contribution < 1.29 is 4.79 Å². The zero-order valence-corrected chi connectivity index (χ0v) is 12.8. The molecule has 0 aromatic heterocycles. The Morgan fingerprint density at radius 2 is 1.65 bits per heavy atom. The van der Waals surface area contributed by atoms with Crippen molar-refractivity contribution in [2.24, 2.45) is 0 Å². The Morgan fingerprint density at radius 3 is 2.18 bits per heavy atom. The number of nitrogens with zero attached hydrogens (tertiary/aromatic N) is 1. The van der Waals surface area contributed by atoms with Gasteiger partial charge in [0.05, 0.1) is 5.41 Å². The molecule has 0 atom stereocenters. The van der Waals surface area contributed by atoms with Gasteiger partial charge >= 0.3 is 0 Å². The highest BCUT2D eigenvalue weighted by molar-refractivity contribution is 8.93. The van der Waals surface area contributed by atoms with Gasteiger partial charge in [0.2, 0.25) is 5.91 Å². The molecule has 0 saturated carbocycles. The van der Waals surface area contributed by atoms with Gasteiger partial charge in [-0.2, -0.15) is 0 Å². The van der Waals surface area contributed by atoms with Crippen LogP contribution in [0.1, 0.15) is 40.2 Å². The summed E-state index contributed by atoms with van der Waals surface area (Å²) in [4.78, 5) is 14.4. The van der Waals surface area contributed by atoms with Crippen LogP contribution in [0.2, 0.25) is 0 Å². The number of halogens is 1. The smallest absolute Gasteiger partial charge is 0.237 e. The maximum Gasteiger partial charge on any atom is 0.237 e. The zero-order chi connectivity index (χ0) is 12.1. The summed E-state index contributed by atoms with van der Waals surface area (Å²) in [5.41, 5.74) is 1.63. The van der Waals surface area contributed by atoms with Gasteiger partial charge < -0.3 is 4.90 Å². The van der Waals surface area contributed by atoms with Crippen molar-refractivity contribution in [1.82, 2.24) is 0 Å². The molecule has 3 heteroatoms. The molecular formula is C14H20BrNO. The van der Waals surface area contributed by atoms with Crippen molar-refractivity contribution in [2.75, 3.05) is 4.90 Å². The Labute approximate surface area is 114 Å². The average molecular weight is 298 g/mol. The summed E-state index contributed by atoms with van der Waals surface area (Å²) in [6, 6.07) is 8.08. The summed E-state index contributed by atoms with van der Waals surface area (Å²) in [7, 11) is 0. The van der Waals surface area contributed by atoms with Gasteiger partial charge in [-0.15, -0.1) is 17.0 Å².